The van der Waals surface area contributed by atoms with Gasteiger partial charge in [-0.15, -0.1) is 11.3 Å². The highest BCUT2D eigenvalue weighted by atomic mass is 32.1. The minimum absolute atomic E-state index is 0.0491. The smallest absolute Gasteiger partial charge is 0.271 e. The SMILES string of the molecule is CC(C)[C@H]1NC(=O)[C@@H](NC(=O)[C@@H]2CCC(=O)N2)CCCCNC(=O)[C@@H](Cc2ccccc2)NC(=O)c2csc1n2. The van der Waals surface area contributed by atoms with Gasteiger partial charge in [-0.1, -0.05) is 44.2 Å². The van der Waals surface area contributed by atoms with Gasteiger partial charge >= 0.3 is 0 Å². The van der Waals surface area contributed by atoms with Crippen molar-refractivity contribution in [2.45, 2.75) is 76.5 Å². The second-order valence-electron chi connectivity index (χ2n) is 10.5. The van der Waals surface area contributed by atoms with Gasteiger partial charge in [-0.3, -0.25) is 24.0 Å². The van der Waals surface area contributed by atoms with Gasteiger partial charge in [-0.05, 0) is 37.2 Å². The molecule has 5 N–H and O–H groups in total. The highest BCUT2D eigenvalue weighted by Gasteiger charge is 2.32. The number of nitrogens with one attached hydrogen (secondary N) is 5. The maximum atomic E-state index is 13.4. The lowest BCUT2D eigenvalue weighted by molar-refractivity contribution is -0.131. The lowest BCUT2D eigenvalue weighted by atomic mass is 10.0. The van der Waals surface area contributed by atoms with Gasteiger partial charge in [0.05, 0.1) is 6.04 Å². The Morgan fingerprint density at radius 2 is 1.80 bits per heavy atom. The maximum Gasteiger partial charge on any atom is 0.271 e. The fourth-order valence-electron chi connectivity index (χ4n) is 4.75. The minimum Gasteiger partial charge on any atom is -0.354 e. The number of nitrogens with zero attached hydrogens (tertiary/aromatic N) is 1. The van der Waals surface area contributed by atoms with Gasteiger partial charge in [0.2, 0.25) is 23.6 Å². The molecule has 0 saturated carbocycles. The summed E-state index contributed by atoms with van der Waals surface area (Å²) in [5.74, 6) is -1.77. The van der Waals surface area contributed by atoms with E-state index in [1.807, 2.05) is 44.2 Å². The molecule has 4 atom stereocenters. The summed E-state index contributed by atoms with van der Waals surface area (Å²) in [4.78, 5) is 68.6. The van der Waals surface area contributed by atoms with E-state index in [4.69, 9.17) is 0 Å². The van der Waals surface area contributed by atoms with Gasteiger partial charge < -0.3 is 26.6 Å². The van der Waals surface area contributed by atoms with Crippen LogP contribution in [-0.4, -0.2) is 59.2 Å². The number of carbonyl (C=O) groups excluding carboxylic acids is 5. The van der Waals surface area contributed by atoms with E-state index in [-0.39, 0.29) is 35.8 Å². The normalized spacial score (nSPS) is 24.6. The predicted molar refractivity (Wildman–Crippen MR) is 149 cm³/mol. The van der Waals surface area contributed by atoms with Gasteiger partial charge in [-0.25, -0.2) is 4.98 Å². The Balaban J connectivity index is 1.55. The summed E-state index contributed by atoms with van der Waals surface area (Å²) in [5.41, 5.74) is 1.08. The number of carbonyl (C=O) groups is 5. The van der Waals surface area contributed by atoms with Gasteiger partial charge in [0, 0.05) is 24.8 Å². The van der Waals surface area contributed by atoms with Gasteiger partial charge in [-0.2, -0.15) is 0 Å². The molecule has 2 aromatic rings. The summed E-state index contributed by atoms with van der Waals surface area (Å²) in [6, 6.07) is 6.69. The Morgan fingerprint density at radius 1 is 1.02 bits per heavy atom. The first-order valence-electron chi connectivity index (χ1n) is 13.7. The van der Waals surface area contributed by atoms with Crippen LogP contribution in [-0.2, 0) is 25.6 Å². The number of aromatic nitrogens is 1. The summed E-state index contributed by atoms with van der Waals surface area (Å²) in [6.45, 7) is 4.22. The van der Waals surface area contributed by atoms with E-state index in [0.717, 1.165) is 5.56 Å². The third-order valence-electron chi connectivity index (χ3n) is 7.05. The molecule has 40 heavy (non-hydrogen) atoms. The Morgan fingerprint density at radius 3 is 2.50 bits per heavy atom. The third kappa shape index (κ3) is 7.65. The van der Waals surface area contributed by atoms with Crippen LogP contribution in [0.4, 0.5) is 0 Å². The Labute approximate surface area is 237 Å². The minimum atomic E-state index is -0.830. The fraction of sp³-hybridized carbons (Fsp3) is 0.500. The second-order valence-corrected chi connectivity index (χ2v) is 11.4. The van der Waals surface area contributed by atoms with E-state index >= 15 is 0 Å². The van der Waals surface area contributed by atoms with Gasteiger partial charge in [0.25, 0.3) is 5.91 Å². The molecule has 2 aliphatic heterocycles. The molecular weight excluding hydrogens is 532 g/mol. The topological polar surface area (TPSA) is 158 Å². The molecule has 1 aromatic carbocycles. The number of amides is 5. The average molecular weight is 569 g/mol. The summed E-state index contributed by atoms with van der Waals surface area (Å²) < 4.78 is 0. The Hall–Kier alpha value is -3.80. The first-order chi connectivity index (χ1) is 19.2. The van der Waals surface area contributed by atoms with Crippen LogP contribution in [0.15, 0.2) is 35.7 Å². The van der Waals surface area contributed by atoms with Crippen LogP contribution in [0.25, 0.3) is 0 Å². The van der Waals surface area contributed by atoms with Crippen LogP contribution in [0.1, 0.15) is 73.1 Å². The average Bonchev–Trinajstić information content (AvgIpc) is 3.59. The van der Waals surface area contributed by atoms with Crippen LogP contribution >= 0.6 is 11.3 Å². The number of hydrogen-bond donors (Lipinski definition) is 5. The molecular formula is C28H36N6O5S. The molecule has 12 heteroatoms. The number of hydrogen-bond acceptors (Lipinski definition) is 7. The summed E-state index contributed by atoms with van der Waals surface area (Å²) >= 11 is 1.25. The van der Waals surface area contributed by atoms with Crippen molar-refractivity contribution >= 4 is 40.9 Å². The first-order valence-corrected chi connectivity index (χ1v) is 14.6. The monoisotopic (exact) mass is 568 g/mol. The Kier molecular flexibility index (Phi) is 9.86. The van der Waals surface area contributed by atoms with E-state index < -0.39 is 36.0 Å². The molecule has 4 rings (SSSR count). The molecule has 1 aromatic heterocycles. The molecule has 11 nitrogen and oxygen atoms in total. The lowest BCUT2D eigenvalue weighted by Gasteiger charge is -2.25. The van der Waals surface area contributed by atoms with Crippen molar-refractivity contribution in [3.8, 4) is 0 Å². The quantitative estimate of drug-likeness (QED) is 0.366. The van der Waals surface area contributed by atoms with Crippen molar-refractivity contribution in [2.75, 3.05) is 6.54 Å². The number of thiazole rings is 1. The zero-order valence-corrected chi connectivity index (χ0v) is 23.5. The summed E-state index contributed by atoms with van der Waals surface area (Å²) in [5, 5.41) is 16.4. The molecule has 0 radical (unpaired) electrons. The van der Waals surface area contributed by atoms with E-state index in [1.165, 1.54) is 11.3 Å². The van der Waals surface area contributed by atoms with E-state index in [9.17, 15) is 24.0 Å². The molecule has 2 aliphatic rings. The molecule has 0 unspecified atom stereocenters. The van der Waals surface area contributed by atoms with E-state index in [2.05, 4.69) is 31.6 Å². The van der Waals surface area contributed by atoms with Crippen molar-refractivity contribution in [3.05, 3.63) is 52.0 Å². The molecule has 5 amide bonds. The maximum absolute atomic E-state index is 13.4. The lowest BCUT2D eigenvalue weighted by Crippen LogP contribution is -2.52. The molecule has 1 saturated heterocycles. The van der Waals surface area contributed by atoms with Crippen LogP contribution < -0.4 is 26.6 Å². The first kappa shape index (κ1) is 29.2. The van der Waals surface area contributed by atoms with Gasteiger partial charge in [0.15, 0.2) is 0 Å². The van der Waals surface area contributed by atoms with Crippen LogP contribution in [0.2, 0.25) is 0 Å². The zero-order valence-electron chi connectivity index (χ0n) is 22.7. The summed E-state index contributed by atoms with van der Waals surface area (Å²) in [6.07, 6.45) is 2.46. The zero-order chi connectivity index (χ0) is 28.6. The Bertz CT molecular complexity index is 1230. The van der Waals surface area contributed by atoms with Crippen molar-refractivity contribution < 1.29 is 24.0 Å². The van der Waals surface area contributed by atoms with E-state index in [0.29, 0.717) is 43.7 Å². The fourth-order valence-corrected chi connectivity index (χ4v) is 5.77. The van der Waals surface area contributed by atoms with Crippen molar-refractivity contribution in [2.24, 2.45) is 5.92 Å². The molecule has 0 aliphatic carbocycles. The number of fused-ring (bicyclic) bond motifs is 2. The number of benzene rings is 1. The highest BCUT2D eigenvalue weighted by Crippen LogP contribution is 2.26. The van der Waals surface area contributed by atoms with Crippen LogP contribution in [0.3, 0.4) is 0 Å². The number of rotatable bonds is 5. The van der Waals surface area contributed by atoms with E-state index in [1.54, 1.807) is 5.38 Å². The molecule has 2 bridgehead atoms. The van der Waals surface area contributed by atoms with Gasteiger partial charge in [0.1, 0.15) is 28.8 Å². The molecule has 0 spiro atoms. The predicted octanol–water partition coefficient (Wildman–Crippen LogP) is 1.36. The molecule has 214 valence electrons. The van der Waals surface area contributed by atoms with Crippen molar-refractivity contribution in [3.63, 3.8) is 0 Å². The van der Waals surface area contributed by atoms with Crippen LogP contribution in [0.5, 0.6) is 0 Å². The highest BCUT2D eigenvalue weighted by molar-refractivity contribution is 7.09. The molecule has 3 heterocycles. The third-order valence-corrected chi connectivity index (χ3v) is 7.98. The summed E-state index contributed by atoms with van der Waals surface area (Å²) in [7, 11) is 0. The molecule has 1 fully saturated rings. The van der Waals surface area contributed by atoms with Crippen LogP contribution in [0, 0.1) is 5.92 Å². The van der Waals surface area contributed by atoms with Crippen molar-refractivity contribution in [1.29, 1.82) is 0 Å². The largest absolute Gasteiger partial charge is 0.354 e. The second kappa shape index (κ2) is 13.5. The standard InChI is InChI=1S/C28H36N6O5S/c1-16(2)23-28-33-21(15-40-28)27(39)32-20(14-17-8-4-3-5-9-17)24(36)29-13-7-6-10-18(26(38)34-23)31-25(37)19-11-12-22(35)30-19/h3-5,8-9,15-16,18-20,23H,6-7,10-14H2,1-2H3,(H,29,36)(H,30,35)(H,31,37)(H,32,39)(H,34,38)/t18-,19-,20+,23+/m0/s1. The van der Waals surface area contributed by atoms with Crippen molar-refractivity contribution in [1.82, 2.24) is 31.6 Å².